The number of ether oxygens (including phenoxy) is 5. The first kappa shape index (κ1) is 31.5. The largest absolute Gasteiger partial charge is 1.00 e. The van der Waals surface area contributed by atoms with E-state index in [1.54, 1.807) is 24.3 Å². The minimum Gasteiger partial charge on any atom is -0.748 e. The molecule has 40 heavy (non-hydrogen) atoms. The van der Waals surface area contributed by atoms with Gasteiger partial charge in [0.2, 0.25) is 12.4 Å². The molecule has 0 bridgehead atoms. The van der Waals surface area contributed by atoms with Crippen LogP contribution in [-0.4, -0.2) is 62.1 Å². The zero-order chi connectivity index (χ0) is 28.5. The molecule has 1 unspecified atom stereocenters. The quantitative estimate of drug-likeness (QED) is 0.0781. The molecule has 3 aromatic rings. The summed E-state index contributed by atoms with van der Waals surface area (Å²) >= 11 is 0. The Kier molecular flexibility index (Phi) is 9.98. The van der Waals surface area contributed by atoms with Crippen LogP contribution in [0, 0.1) is 0 Å². The third kappa shape index (κ3) is 7.38. The van der Waals surface area contributed by atoms with Crippen LogP contribution >= 0.6 is 0 Å². The van der Waals surface area contributed by atoms with Crippen molar-refractivity contribution in [3.8, 4) is 5.75 Å². The van der Waals surface area contributed by atoms with E-state index in [-0.39, 0.29) is 58.4 Å². The summed E-state index contributed by atoms with van der Waals surface area (Å²) in [5.41, 5.74) is -1.03. The summed E-state index contributed by atoms with van der Waals surface area (Å²) in [4.78, 5) is 47.6. The first-order valence-electron chi connectivity index (χ1n) is 11.5. The maximum absolute atomic E-state index is 12.2. The van der Waals surface area contributed by atoms with Gasteiger partial charge in [-0.25, -0.2) is 13.2 Å². The van der Waals surface area contributed by atoms with Crippen LogP contribution in [0.5, 0.6) is 5.75 Å². The maximum Gasteiger partial charge on any atom is 1.00 e. The van der Waals surface area contributed by atoms with Crippen LogP contribution in [0.1, 0.15) is 26.3 Å². The predicted octanol–water partition coefficient (Wildman–Crippen LogP) is -1.47. The van der Waals surface area contributed by atoms with E-state index in [2.05, 4.69) is 0 Å². The van der Waals surface area contributed by atoms with Crippen LogP contribution in [0.25, 0.3) is 21.7 Å². The Morgan fingerprint density at radius 3 is 2.15 bits per heavy atom. The topological polar surface area (TPSA) is 185 Å². The molecule has 1 aliphatic rings. The Morgan fingerprint density at radius 2 is 1.55 bits per heavy atom. The summed E-state index contributed by atoms with van der Waals surface area (Å²) < 4.78 is 67.5. The van der Waals surface area contributed by atoms with Gasteiger partial charge in [-0.2, -0.15) is 0 Å². The molecule has 1 fully saturated rings. The fraction of sp³-hybridized carbons (Fsp3) is 0.360. The van der Waals surface area contributed by atoms with Crippen molar-refractivity contribution in [1.29, 1.82) is 0 Å². The van der Waals surface area contributed by atoms with E-state index >= 15 is 0 Å². The van der Waals surface area contributed by atoms with E-state index < -0.39 is 64.0 Å². The molecule has 208 valence electrons. The summed E-state index contributed by atoms with van der Waals surface area (Å²) in [6.07, 6.45) is -5.17. The van der Waals surface area contributed by atoms with Gasteiger partial charge in [0, 0.05) is 43.7 Å². The van der Waals surface area contributed by atoms with Crippen molar-refractivity contribution < 1.29 is 85.0 Å². The van der Waals surface area contributed by atoms with Gasteiger partial charge in [-0.15, -0.1) is 0 Å². The van der Waals surface area contributed by atoms with Crippen LogP contribution in [0.4, 0.5) is 0 Å². The van der Waals surface area contributed by atoms with Gasteiger partial charge in [0.15, 0.2) is 12.2 Å². The molecular formula is C25H23NaO13S. The van der Waals surface area contributed by atoms with E-state index in [9.17, 15) is 32.1 Å². The van der Waals surface area contributed by atoms with Crippen LogP contribution < -0.4 is 39.9 Å². The molecule has 15 heteroatoms. The van der Waals surface area contributed by atoms with Gasteiger partial charge in [0.1, 0.15) is 11.3 Å². The first-order chi connectivity index (χ1) is 18.3. The zero-order valence-corrected chi connectivity index (χ0v) is 24.7. The van der Waals surface area contributed by atoms with Gasteiger partial charge in [-0.05, 0) is 10.9 Å². The number of esters is 3. The Balaban J connectivity index is 0.00000441. The minimum absolute atomic E-state index is 0. The van der Waals surface area contributed by atoms with Gasteiger partial charge < -0.3 is 32.7 Å². The van der Waals surface area contributed by atoms with Crippen molar-refractivity contribution in [2.24, 2.45) is 0 Å². The molecular weight excluding hydrogens is 563 g/mol. The first-order valence-corrected chi connectivity index (χ1v) is 13.1. The van der Waals surface area contributed by atoms with Crippen molar-refractivity contribution in [2.75, 3.05) is 6.61 Å². The van der Waals surface area contributed by atoms with E-state index in [1.807, 2.05) is 0 Å². The standard InChI is InChI=1S/C25H24O13S.Na/c1-12(26)34-20-10-33-25(24(36-14(3)28)23(20)35-13(2)27)38-18-9-19-22(17-7-5-4-6-16(17)18)15(8-21(29)37-19)11-39(30,31)32;/h4-9,20,23-25H,10-11H2,1-3H3,(H,30,31,32);/q;+1/p-1/t20-,23-,24?,25+;/m1./s1. The van der Waals surface area contributed by atoms with E-state index in [4.69, 9.17) is 28.1 Å². The fourth-order valence-corrected chi connectivity index (χ4v) is 5.03. The second kappa shape index (κ2) is 12.7. The summed E-state index contributed by atoms with van der Waals surface area (Å²) in [6, 6.07) is 8.77. The monoisotopic (exact) mass is 586 g/mol. The molecule has 0 spiro atoms. The van der Waals surface area contributed by atoms with Crippen molar-refractivity contribution in [1.82, 2.24) is 0 Å². The third-order valence-electron chi connectivity index (χ3n) is 5.67. The van der Waals surface area contributed by atoms with Gasteiger partial charge in [-0.3, -0.25) is 14.4 Å². The van der Waals surface area contributed by atoms with Crippen molar-refractivity contribution in [3.05, 3.63) is 52.4 Å². The minimum atomic E-state index is -4.74. The molecule has 1 aromatic heterocycles. The number of carbonyl (C=O) groups excluding carboxylic acids is 3. The number of hydrogen-bond donors (Lipinski definition) is 0. The van der Waals surface area contributed by atoms with Crippen LogP contribution in [0.3, 0.4) is 0 Å². The summed E-state index contributed by atoms with van der Waals surface area (Å²) in [6.45, 7) is 3.10. The van der Waals surface area contributed by atoms with Crippen LogP contribution in [0.15, 0.2) is 45.6 Å². The Morgan fingerprint density at radius 1 is 0.950 bits per heavy atom. The SMILES string of the molecule is CC(=O)OC1[C@H](Oc2cc3oc(=O)cc(CS(=O)(=O)[O-])c3c3ccccc23)OC[C@@H](OC(C)=O)[C@H]1OC(C)=O.[Na+]. The smallest absolute Gasteiger partial charge is 0.748 e. The second-order valence-corrected chi connectivity index (χ2v) is 10.1. The fourth-order valence-electron chi connectivity index (χ4n) is 4.42. The molecule has 2 heterocycles. The van der Waals surface area contributed by atoms with Gasteiger partial charge in [0.25, 0.3) is 0 Å². The Bertz CT molecular complexity index is 1610. The van der Waals surface area contributed by atoms with Gasteiger partial charge >= 0.3 is 53.1 Å². The molecule has 0 radical (unpaired) electrons. The molecule has 4 atom stereocenters. The summed E-state index contributed by atoms with van der Waals surface area (Å²) in [5, 5.41) is 1.01. The van der Waals surface area contributed by atoms with Gasteiger partial charge in [-0.1, -0.05) is 24.3 Å². The van der Waals surface area contributed by atoms with Crippen LogP contribution in [0.2, 0.25) is 0 Å². The summed E-state index contributed by atoms with van der Waals surface area (Å²) in [7, 11) is -4.74. The molecule has 0 amide bonds. The van der Waals surface area contributed by atoms with Gasteiger partial charge in [0.05, 0.1) is 22.5 Å². The van der Waals surface area contributed by atoms with E-state index in [0.29, 0.717) is 10.8 Å². The molecule has 0 aliphatic carbocycles. The maximum atomic E-state index is 12.2. The van der Waals surface area contributed by atoms with Crippen molar-refractivity contribution in [2.45, 2.75) is 51.1 Å². The molecule has 1 saturated heterocycles. The number of rotatable bonds is 7. The van der Waals surface area contributed by atoms with Crippen LogP contribution in [-0.2, 0) is 49.2 Å². The van der Waals surface area contributed by atoms with Crippen molar-refractivity contribution in [3.63, 3.8) is 0 Å². The third-order valence-corrected chi connectivity index (χ3v) is 6.34. The number of benzene rings is 2. The predicted molar refractivity (Wildman–Crippen MR) is 130 cm³/mol. The van der Waals surface area contributed by atoms with E-state index in [1.165, 1.54) is 6.07 Å². The second-order valence-electron chi connectivity index (χ2n) is 8.70. The van der Waals surface area contributed by atoms with E-state index in [0.717, 1.165) is 26.8 Å². The molecule has 13 nitrogen and oxygen atoms in total. The number of hydrogen-bond acceptors (Lipinski definition) is 13. The number of fused-ring (bicyclic) bond motifs is 3. The molecule has 0 N–H and O–H groups in total. The molecule has 0 saturated carbocycles. The molecule has 1 aliphatic heterocycles. The normalized spacial score (nSPS) is 20.8. The molecule has 4 rings (SSSR count). The average molecular weight is 587 g/mol. The van der Waals surface area contributed by atoms with Crippen molar-refractivity contribution >= 4 is 49.8 Å². The average Bonchev–Trinajstić information content (AvgIpc) is 2.80. The Labute approximate surface area is 249 Å². The zero-order valence-electron chi connectivity index (χ0n) is 21.9. The Hall–Kier alpha value is -3.01. The number of carbonyl (C=O) groups is 3. The molecule has 2 aromatic carbocycles. The summed E-state index contributed by atoms with van der Waals surface area (Å²) in [5.74, 6) is -3.07.